The van der Waals surface area contributed by atoms with Gasteiger partial charge in [-0.2, -0.15) is 13.3 Å². The molecule has 0 aliphatic rings. The van der Waals surface area contributed by atoms with Crippen molar-refractivity contribution in [1.29, 1.82) is 0 Å². The van der Waals surface area contributed by atoms with Gasteiger partial charge >= 0.3 is 23.1 Å². The monoisotopic (exact) mass is 230 g/mol. The van der Waals surface area contributed by atoms with Crippen molar-refractivity contribution in [2.75, 3.05) is 0 Å². The van der Waals surface area contributed by atoms with Crippen molar-refractivity contribution in [3.8, 4) is 0 Å². The Labute approximate surface area is 98.4 Å². The average molecular weight is 231 g/mol. The molecule has 0 aromatic rings. The zero-order valence-electron chi connectivity index (χ0n) is 7.91. The van der Waals surface area contributed by atoms with Crippen LogP contribution in [0.25, 0.3) is 0 Å². The molecule has 0 spiro atoms. The Bertz CT molecular complexity index is 42.8. The molecule has 0 bridgehead atoms. The standard InChI is InChI=1S/C9H19.BrH.Mg/c1-3-5-7-9-8-6-4-2;;/h3H,4-9H2,1-2H3;1H;/q-1;;+2/p-1. The molecule has 0 rings (SSSR count). The van der Waals surface area contributed by atoms with Crippen LogP contribution in [0, 0.1) is 6.42 Å². The van der Waals surface area contributed by atoms with Crippen LogP contribution in [0.1, 0.15) is 52.4 Å². The fourth-order valence-corrected chi connectivity index (χ4v) is 0.952. The van der Waals surface area contributed by atoms with E-state index in [1.54, 1.807) is 0 Å². The van der Waals surface area contributed by atoms with Gasteiger partial charge in [0.25, 0.3) is 0 Å². The molecule has 0 atom stereocenters. The van der Waals surface area contributed by atoms with E-state index in [1.165, 1.54) is 38.5 Å². The van der Waals surface area contributed by atoms with Crippen LogP contribution >= 0.6 is 0 Å². The number of unbranched alkanes of at least 4 members (excludes halogenated alkanes) is 6. The summed E-state index contributed by atoms with van der Waals surface area (Å²) in [5.74, 6) is 0. The fraction of sp³-hybridized carbons (Fsp3) is 0.889. The maximum Gasteiger partial charge on any atom is 2.00 e. The second kappa shape index (κ2) is 17.4. The summed E-state index contributed by atoms with van der Waals surface area (Å²) in [7, 11) is 0. The van der Waals surface area contributed by atoms with Crippen molar-refractivity contribution in [1.82, 2.24) is 0 Å². The molecule has 0 aromatic carbocycles. The number of hydrogen-bond donors (Lipinski definition) is 0. The molecule has 0 saturated carbocycles. The zero-order valence-corrected chi connectivity index (χ0v) is 10.9. The largest absolute Gasteiger partial charge is 2.00 e. The van der Waals surface area contributed by atoms with Gasteiger partial charge in [-0.3, -0.25) is 0 Å². The van der Waals surface area contributed by atoms with Crippen molar-refractivity contribution in [3.63, 3.8) is 0 Å². The van der Waals surface area contributed by atoms with E-state index in [1.807, 2.05) is 0 Å². The fourth-order valence-electron chi connectivity index (χ4n) is 0.952. The molecule has 2 heteroatoms. The Kier molecular flexibility index (Phi) is 28.6. The second-order valence-corrected chi connectivity index (χ2v) is 2.61. The van der Waals surface area contributed by atoms with Crippen LogP contribution in [0.3, 0.4) is 0 Å². The molecule has 0 heterocycles. The predicted molar refractivity (Wildman–Crippen MR) is 49.1 cm³/mol. The van der Waals surface area contributed by atoms with Crippen LogP contribution < -0.4 is 17.0 Å². The Balaban J connectivity index is -0.000000320. The third kappa shape index (κ3) is 18.3. The van der Waals surface area contributed by atoms with E-state index in [-0.39, 0.29) is 40.0 Å². The SMILES string of the molecule is C[CH-]CCCCCCC.[Br-].[Mg+2]. The van der Waals surface area contributed by atoms with Gasteiger partial charge in [0.1, 0.15) is 0 Å². The van der Waals surface area contributed by atoms with Gasteiger partial charge in [-0.1, -0.05) is 39.0 Å². The first-order valence-electron chi connectivity index (χ1n) is 4.19. The second-order valence-electron chi connectivity index (χ2n) is 2.61. The molecule has 0 aliphatic carbocycles. The summed E-state index contributed by atoms with van der Waals surface area (Å²) in [5, 5.41) is 0. The molecule has 11 heavy (non-hydrogen) atoms. The Morgan fingerprint density at radius 3 is 2.00 bits per heavy atom. The summed E-state index contributed by atoms with van der Waals surface area (Å²) < 4.78 is 0. The number of halogens is 1. The Morgan fingerprint density at radius 2 is 1.55 bits per heavy atom. The van der Waals surface area contributed by atoms with Crippen LogP contribution in [0.15, 0.2) is 0 Å². The van der Waals surface area contributed by atoms with Gasteiger partial charge in [0.05, 0.1) is 0 Å². The van der Waals surface area contributed by atoms with E-state index in [9.17, 15) is 0 Å². The zero-order chi connectivity index (χ0) is 6.95. The van der Waals surface area contributed by atoms with Crippen molar-refractivity contribution in [2.45, 2.75) is 52.4 Å². The van der Waals surface area contributed by atoms with Crippen molar-refractivity contribution in [3.05, 3.63) is 6.42 Å². The molecule has 0 saturated heterocycles. The van der Waals surface area contributed by atoms with Gasteiger partial charge in [-0.25, -0.2) is 0 Å². The molecule has 0 fully saturated rings. The Hall–Kier alpha value is 1.25. The molecule has 0 aliphatic heterocycles. The smallest absolute Gasteiger partial charge is 1.00 e. The molecular weight excluding hydrogens is 212 g/mol. The van der Waals surface area contributed by atoms with Gasteiger partial charge in [-0.05, 0) is 0 Å². The van der Waals surface area contributed by atoms with Gasteiger partial charge < -0.3 is 23.4 Å². The van der Waals surface area contributed by atoms with Crippen molar-refractivity contribution >= 4 is 23.1 Å². The minimum atomic E-state index is 0. The first kappa shape index (κ1) is 18.1. The molecule has 64 valence electrons. The topological polar surface area (TPSA) is 0 Å². The van der Waals surface area contributed by atoms with Crippen molar-refractivity contribution in [2.24, 2.45) is 0 Å². The first-order chi connectivity index (χ1) is 4.41. The molecule has 0 nitrogen and oxygen atoms in total. The summed E-state index contributed by atoms with van der Waals surface area (Å²) in [4.78, 5) is 0. The summed E-state index contributed by atoms with van der Waals surface area (Å²) in [5.41, 5.74) is 0. The maximum atomic E-state index is 2.26. The van der Waals surface area contributed by atoms with Gasteiger partial charge in [0.15, 0.2) is 0 Å². The van der Waals surface area contributed by atoms with Gasteiger partial charge in [0.2, 0.25) is 0 Å². The first-order valence-corrected chi connectivity index (χ1v) is 4.19. The summed E-state index contributed by atoms with van der Waals surface area (Å²) in [6.45, 7) is 4.39. The van der Waals surface area contributed by atoms with Crippen LogP contribution in [0.5, 0.6) is 0 Å². The number of rotatable bonds is 6. The minimum absolute atomic E-state index is 0. The van der Waals surface area contributed by atoms with Crippen molar-refractivity contribution < 1.29 is 17.0 Å². The van der Waals surface area contributed by atoms with E-state index in [0.29, 0.717) is 0 Å². The normalized spacial score (nSPS) is 8.18. The predicted octanol–water partition coefficient (Wildman–Crippen LogP) is 0.194. The molecule has 0 unspecified atom stereocenters. The maximum absolute atomic E-state index is 2.26. The summed E-state index contributed by atoms with van der Waals surface area (Å²) in [6, 6.07) is 0. The third-order valence-electron chi connectivity index (χ3n) is 1.60. The molecule has 0 radical (unpaired) electrons. The Morgan fingerprint density at radius 1 is 1.00 bits per heavy atom. The number of hydrogen-bond acceptors (Lipinski definition) is 0. The van der Waals surface area contributed by atoms with Crippen LogP contribution in [-0.2, 0) is 0 Å². The van der Waals surface area contributed by atoms with Crippen LogP contribution in [-0.4, -0.2) is 23.1 Å². The van der Waals surface area contributed by atoms with Crippen LogP contribution in [0.4, 0.5) is 0 Å². The van der Waals surface area contributed by atoms with E-state index < -0.39 is 0 Å². The van der Waals surface area contributed by atoms with E-state index in [2.05, 4.69) is 20.3 Å². The van der Waals surface area contributed by atoms with Crippen LogP contribution in [0.2, 0.25) is 0 Å². The third-order valence-corrected chi connectivity index (χ3v) is 1.60. The minimum Gasteiger partial charge on any atom is -1.00 e. The average Bonchev–Trinajstić information content (AvgIpc) is 1.89. The molecule has 0 amide bonds. The van der Waals surface area contributed by atoms with E-state index in [4.69, 9.17) is 0 Å². The van der Waals surface area contributed by atoms with E-state index in [0.717, 1.165) is 0 Å². The van der Waals surface area contributed by atoms with Gasteiger partial charge in [-0.15, -0.1) is 0 Å². The molecule has 0 aromatic heterocycles. The molecular formula is C9H19BrMg. The van der Waals surface area contributed by atoms with Gasteiger partial charge in [0, 0.05) is 0 Å². The quantitative estimate of drug-likeness (QED) is 0.348. The summed E-state index contributed by atoms with van der Waals surface area (Å²) >= 11 is 0. The summed E-state index contributed by atoms with van der Waals surface area (Å²) in [6.07, 6.45) is 10.6. The van der Waals surface area contributed by atoms with E-state index >= 15 is 0 Å². The molecule has 0 N–H and O–H groups in total.